The molecule has 1 aromatic rings. The van der Waals surface area contributed by atoms with Crippen molar-refractivity contribution in [3.8, 4) is 0 Å². The maximum absolute atomic E-state index is 12.0. The largest absolute Gasteiger partial charge is 0.380 e. The van der Waals surface area contributed by atoms with Gasteiger partial charge in [0.05, 0.1) is 18.4 Å². The van der Waals surface area contributed by atoms with Crippen molar-refractivity contribution < 1.29 is 0 Å². The number of nitrogens with zero attached hydrogens (tertiary/aromatic N) is 2. The highest BCUT2D eigenvalue weighted by Gasteiger charge is 2.24. The quantitative estimate of drug-likeness (QED) is 0.851. The summed E-state index contributed by atoms with van der Waals surface area (Å²) in [4.78, 5) is 12.0. The van der Waals surface area contributed by atoms with Crippen LogP contribution in [0.4, 0.5) is 5.69 Å². The fraction of sp³-hybridized carbons (Fsp3) is 0.538. The van der Waals surface area contributed by atoms with E-state index in [1.807, 2.05) is 0 Å². The highest BCUT2D eigenvalue weighted by atomic mass is 79.9. The molecule has 1 aliphatic carbocycles. The van der Waals surface area contributed by atoms with Crippen molar-refractivity contribution in [3.05, 3.63) is 33.7 Å². The van der Waals surface area contributed by atoms with E-state index in [9.17, 15) is 4.79 Å². The first-order valence-electron chi connectivity index (χ1n) is 6.26. The van der Waals surface area contributed by atoms with E-state index >= 15 is 0 Å². The van der Waals surface area contributed by atoms with Gasteiger partial charge in [0.2, 0.25) is 0 Å². The van der Waals surface area contributed by atoms with Gasteiger partial charge in [-0.05, 0) is 41.6 Å². The first-order valence-corrected chi connectivity index (χ1v) is 7.06. The molecule has 0 aliphatic heterocycles. The van der Waals surface area contributed by atoms with Crippen molar-refractivity contribution in [1.82, 2.24) is 9.78 Å². The lowest BCUT2D eigenvalue weighted by molar-refractivity contribution is 0.285. The minimum atomic E-state index is -0.124. The molecule has 0 spiro atoms. The molecule has 0 saturated heterocycles. The van der Waals surface area contributed by atoms with Gasteiger partial charge in [-0.3, -0.25) is 4.79 Å². The van der Waals surface area contributed by atoms with E-state index in [-0.39, 0.29) is 5.56 Å². The molecular formula is C13H18BrN3O. The third-order valence-electron chi connectivity index (χ3n) is 3.53. The van der Waals surface area contributed by atoms with Crippen molar-refractivity contribution in [2.24, 2.45) is 5.92 Å². The number of hydrogen-bond acceptors (Lipinski definition) is 3. The number of halogens is 1. The summed E-state index contributed by atoms with van der Waals surface area (Å²) in [5.74, 6) is 0.715. The number of anilines is 1. The van der Waals surface area contributed by atoms with Crippen LogP contribution in [0.25, 0.3) is 0 Å². The summed E-state index contributed by atoms with van der Waals surface area (Å²) in [5, 5.41) is 7.50. The molecule has 1 heterocycles. The first-order chi connectivity index (χ1) is 8.63. The summed E-state index contributed by atoms with van der Waals surface area (Å²) in [6.45, 7) is 6.19. The standard InChI is InChI=1S/C13H18BrN3O/c1-3-7-17-13(18)12(14)11(8-15-17)16-9(2)10-5-4-6-10/h3,8-10,16H,1,4-7H2,2H3. The van der Waals surface area contributed by atoms with Crippen LogP contribution >= 0.6 is 15.9 Å². The summed E-state index contributed by atoms with van der Waals surface area (Å²) in [6, 6.07) is 0.381. The maximum atomic E-state index is 12.0. The molecule has 0 amide bonds. The SMILES string of the molecule is C=CCn1ncc(NC(C)C2CCC2)c(Br)c1=O. The molecule has 0 aromatic carbocycles. The Morgan fingerprint density at radius 1 is 1.72 bits per heavy atom. The zero-order valence-electron chi connectivity index (χ0n) is 10.5. The van der Waals surface area contributed by atoms with Gasteiger partial charge < -0.3 is 5.32 Å². The van der Waals surface area contributed by atoms with Gasteiger partial charge in [0, 0.05) is 6.04 Å². The molecule has 1 atom stereocenters. The molecule has 18 heavy (non-hydrogen) atoms. The molecular weight excluding hydrogens is 294 g/mol. The molecule has 4 nitrogen and oxygen atoms in total. The highest BCUT2D eigenvalue weighted by Crippen LogP contribution is 2.31. The van der Waals surface area contributed by atoms with Crippen LogP contribution in [0.1, 0.15) is 26.2 Å². The second kappa shape index (κ2) is 5.69. The molecule has 1 N–H and O–H groups in total. The lowest BCUT2D eigenvalue weighted by Crippen LogP contribution is -2.32. The van der Waals surface area contributed by atoms with E-state index in [0.717, 1.165) is 5.69 Å². The van der Waals surface area contributed by atoms with Crippen LogP contribution in [-0.4, -0.2) is 15.8 Å². The minimum absolute atomic E-state index is 0.124. The smallest absolute Gasteiger partial charge is 0.283 e. The molecule has 2 rings (SSSR count). The summed E-state index contributed by atoms with van der Waals surface area (Å²) >= 11 is 3.35. The topological polar surface area (TPSA) is 46.9 Å². The third-order valence-corrected chi connectivity index (χ3v) is 4.29. The van der Waals surface area contributed by atoms with Crippen LogP contribution in [0.3, 0.4) is 0 Å². The summed E-state index contributed by atoms with van der Waals surface area (Å²) in [5.41, 5.74) is 0.653. The average Bonchev–Trinajstić information content (AvgIpc) is 2.26. The van der Waals surface area contributed by atoms with E-state index in [2.05, 4.69) is 39.8 Å². The molecule has 1 aromatic heterocycles. The van der Waals surface area contributed by atoms with E-state index in [0.29, 0.717) is 23.0 Å². The molecule has 5 heteroatoms. The van der Waals surface area contributed by atoms with Crippen LogP contribution in [0, 0.1) is 5.92 Å². The number of hydrogen-bond donors (Lipinski definition) is 1. The first kappa shape index (κ1) is 13.3. The monoisotopic (exact) mass is 311 g/mol. The van der Waals surface area contributed by atoms with Gasteiger partial charge in [0.25, 0.3) is 5.56 Å². The predicted molar refractivity (Wildman–Crippen MR) is 76.8 cm³/mol. The van der Waals surface area contributed by atoms with Crippen LogP contribution in [0.15, 0.2) is 28.1 Å². The number of allylic oxidation sites excluding steroid dienone is 1. The van der Waals surface area contributed by atoms with Gasteiger partial charge in [0.15, 0.2) is 0 Å². The molecule has 1 unspecified atom stereocenters. The van der Waals surface area contributed by atoms with Gasteiger partial charge >= 0.3 is 0 Å². The Bertz CT molecular complexity index is 493. The fourth-order valence-corrected chi connectivity index (χ4v) is 2.54. The maximum Gasteiger partial charge on any atom is 0.283 e. The van der Waals surface area contributed by atoms with Crippen molar-refractivity contribution in [3.63, 3.8) is 0 Å². The Labute approximate surface area is 115 Å². The Balaban J connectivity index is 2.15. The third kappa shape index (κ3) is 2.66. The number of aromatic nitrogens is 2. The minimum Gasteiger partial charge on any atom is -0.380 e. The van der Waals surface area contributed by atoms with E-state index in [4.69, 9.17) is 0 Å². The molecule has 1 aliphatic rings. The molecule has 98 valence electrons. The molecule has 0 radical (unpaired) electrons. The Morgan fingerprint density at radius 3 is 3.00 bits per heavy atom. The summed E-state index contributed by atoms with van der Waals surface area (Å²) < 4.78 is 1.93. The average molecular weight is 312 g/mol. The lowest BCUT2D eigenvalue weighted by atomic mass is 9.80. The van der Waals surface area contributed by atoms with Crippen LogP contribution in [0.5, 0.6) is 0 Å². The lowest BCUT2D eigenvalue weighted by Gasteiger charge is -2.32. The van der Waals surface area contributed by atoms with E-state index in [1.165, 1.54) is 23.9 Å². The second-order valence-electron chi connectivity index (χ2n) is 4.77. The van der Waals surface area contributed by atoms with Gasteiger partial charge in [-0.15, -0.1) is 6.58 Å². The predicted octanol–water partition coefficient (Wildman–Crippen LogP) is 2.79. The van der Waals surface area contributed by atoms with Crippen LogP contribution in [-0.2, 0) is 6.54 Å². The zero-order valence-corrected chi connectivity index (χ0v) is 12.1. The van der Waals surface area contributed by atoms with Crippen LogP contribution in [0.2, 0.25) is 0 Å². The van der Waals surface area contributed by atoms with Gasteiger partial charge in [0.1, 0.15) is 4.47 Å². The highest BCUT2D eigenvalue weighted by molar-refractivity contribution is 9.10. The summed E-state index contributed by atoms with van der Waals surface area (Å²) in [7, 11) is 0. The van der Waals surface area contributed by atoms with Crippen molar-refractivity contribution in [2.75, 3.05) is 5.32 Å². The Hall–Kier alpha value is -1.10. The molecule has 0 bridgehead atoms. The van der Waals surface area contributed by atoms with Crippen LogP contribution < -0.4 is 10.9 Å². The van der Waals surface area contributed by atoms with Gasteiger partial charge in [-0.2, -0.15) is 5.10 Å². The van der Waals surface area contributed by atoms with E-state index < -0.39 is 0 Å². The van der Waals surface area contributed by atoms with E-state index in [1.54, 1.807) is 12.3 Å². The van der Waals surface area contributed by atoms with Gasteiger partial charge in [-0.1, -0.05) is 12.5 Å². The zero-order chi connectivity index (χ0) is 13.1. The Kier molecular flexibility index (Phi) is 4.22. The second-order valence-corrected chi connectivity index (χ2v) is 5.57. The molecule has 1 saturated carbocycles. The van der Waals surface area contributed by atoms with Gasteiger partial charge in [-0.25, -0.2) is 4.68 Å². The fourth-order valence-electron chi connectivity index (χ4n) is 2.12. The van der Waals surface area contributed by atoms with Crippen molar-refractivity contribution >= 4 is 21.6 Å². The van der Waals surface area contributed by atoms with Crippen molar-refractivity contribution in [2.45, 2.75) is 38.8 Å². The normalized spacial score (nSPS) is 17.0. The van der Waals surface area contributed by atoms with Crippen molar-refractivity contribution in [1.29, 1.82) is 0 Å². The number of nitrogens with one attached hydrogen (secondary N) is 1. The molecule has 1 fully saturated rings. The number of rotatable bonds is 5. The summed E-state index contributed by atoms with van der Waals surface area (Å²) in [6.07, 6.45) is 7.21. The Morgan fingerprint density at radius 2 is 2.44 bits per heavy atom.